The summed E-state index contributed by atoms with van der Waals surface area (Å²) in [5.74, 6) is 0. The van der Waals surface area contributed by atoms with Gasteiger partial charge in [-0.15, -0.1) is 0 Å². The van der Waals surface area contributed by atoms with Crippen molar-refractivity contribution in [3.05, 3.63) is 29.3 Å². The number of nitrogens with two attached hydrogens (primary N) is 1. The number of benzene rings is 1. The zero-order valence-electron chi connectivity index (χ0n) is 12.5. The molecule has 1 aliphatic heterocycles. The highest BCUT2D eigenvalue weighted by Crippen LogP contribution is 2.24. The molecule has 1 atom stereocenters. The Morgan fingerprint density at radius 1 is 1.38 bits per heavy atom. The maximum absolute atomic E-state index is 12.9. The molecule has 1 aromatic rings. The van der Waals surface area contributed by atoms with Crippen LogP contribution in [0.25, 0.3) is 0 Å². The fourth-order valence-corrected chi connectivity index (χ4v) is 4.63. The highest BCUT2D eigenvalue weighted by atomic mass is 32.2. The number of thiocarbonyl (C=S) groups is 1. The molecule has 1 fully saturated rings. The van der Waals surface area contributed by atoms with Gasteiger partial charge < -0.3 is 10.6 Å². The maximum Gasteiger partial charge on any atom is 0.243 e. The SMILES string of the molecule is Cc1ccc(C(N)=S)cc1S(=O)(=O)N1CCN(C)CC1C. The van der Waals surface area contributed by atoms with Gasteiger partial charge in [-0.3, -0.25) is 0 Å². The number of hydrogen-bond donors (Lipinski definition) is 1. The van der Waals surface area contributed by atoms with Crippen molar-refractivity contribution in [1.82, 2.24) is 9.21 Å². The van der Waals surface area contributed by atoms with E-state index in [1.54, 1.807) is 29.4 Å². The van der Waals surface area contributed by atoms with Crippen molar-refractivity contribution in [3.8, 4) is 0 Å². The van der Waals surface area contributed by atoms with Gasteiger partial charge in [0.05, 0.1) is 4.90 Å². The summed E-state index contributed by atoms with van der Waals surface area (Å²) in [5, 5.41) is 0. The zero-order chi connectivity index (χ0) is 15.8. The lowest BCUT2D eigenvalue weighted by atomic mass is 10.1. The minimum Gasteiger partial charge on any atom is -0.389 e. The van der Waals surface area contributed by atoms with Gasteiger partial charge in [0.25, 0.3) is 0 Å². The fourth-order valence-electron chi connectivity index (χ4n) is 2.64. The molecule has 0 aliphatic carbocycles. The van der Waals surface area contributed by atoms with E-state index < -0.39 is 10.0 Å². The van der Waals surface area contributed by atoms with Crippen molar-refractivity contribution in [2.24, 2.45) is 5.73 Å². The van der Waals surface area contributed by atoms with Gasteiger partial charge in [0.1, 0.15) is 4.99 Å². The summed E-state index contributed by atoms with van der Waals surface area (Å²) in [6, 6.07) is 5.03. The van der Waals surface area contributed by atoms with Crippen molar-refractivity contribution < 1.29 is 8.42 Å². The minimum atomic E-state index is -3.53. The Morgan fingerprint density at radius 2 is 2.05 bits per heavy atom. The van der Waals surface area contributed by atoms with Crippen LogP contribution in [-0.2, 0) is 10.0 Å². The predicted molar refractivity (Wildman–Crippen MR) is 87.9 cm³/mol. The molecule has 1 aliphatic rings. The van der Waals surface area contributed by atoms with Crippen molar-refractivity contribution in [2.45, 2.75) is 24.8 Å². The summed E-state index contributed by atoms with van der Waals surface area (Å²) in [7, 11) is -1.53. The molecule has 7 heteroatoms. The Labute approximate surface area is 131 Å². The van der Waals surface area contributed by atoms with Gasteiger partial charge in [-0.1, -0.05) is 24.4 Å². The number of nitrogens with zero attached hydrogens (tertiary/aromatic N) is 2. The fraction of sp³-hybridized carbons (Fsp3) is 0.500. The number of sulfonamides is 1. The molecule has 0 aromatic heterocycles. The van der Waals surface area contributed by atoms with E-state index in [1.165, 1.54) is 0 Å². The Bertz CT molecular complexity index is 658. The number of rotatable bonds is 3. The largest absolute Gasteiger partial charge is 0.389 e. The van der Waals surface area contributed by atoms with Gasteiger partial charge in [-0.25, -0.2) is 8.42 Å². The van der Waals surface area contributed by atoms with E-state index in [1.807, 2.05) is 14.0 Å². The second-order valence-corrected chi connectivity index (χ2v) is 7.87. The molecule has 116 valence electrons. The molecule has 1 aromatic carbocycles. The molecule has 2 N–H and O–H groups in total. The second-order valence-electron chi connectivity index (χ2n) is 5.57. The van der Waals surface area contributed by atoms with Gasteiger partial charge in [0.2, 0.25) is 10.0 Å². The molecule has 5 nitrogen and oxygen atoms in total. The molecule has 0 bridgehead atoms. The third-order valence-corrected chi connectivity index (χ3v) is 6.22. The molecular weight excluding hydrogens is 306 g/mol. The van der Waals surface area contributed by atoms with E-state index in [-0.39, 0.29) is 11.0 Å². The lowest BCUT2D eigenvalue weighted by Gasteiger charge is -2.37. The van der Waals surface area contributed by atoms with Crippen LogP contribution in [0.1, 0.15) is 18.1 Å². The van der Waals surface area contributed by atoms with Crippen LogP contribution in [0.4, 0.5) is 0 Å². The summed E-state index contributed by atoms with van der Waals surface area (Å²) in [6.45, 7) is 5.68. The van der Waals surface area contributed by atoms with Crippen LogP contribution >= 0.6 is 12.2 Å². The number of likely N-dealkylation sites (N-methyl/N-ethyl adjacent to an activating group) is 1. The standard InChI is InChI=1S/C14H21N3O2S2/c1-10-4-5-12(14(15)20)8-13(10)21(18,19)17-7-6-16(3)9-11(17)2/h4-5,8,11H,6-7,9H2,1-3H3,(H2,15,20). The maximum atomic E-state index is 12.9. The smallest absolute Gasteiger partial charge is 0.243 e. The normalized spacial score (nSPS) is 21.4. The van der Waals surface area contributed by atoms with Gasteiger partial charge in [0, 0.05) is 31.2 Å². The van der Waals surface area contributed by atoms with E-state index >= 15 is 0 Å². The summed E-state index contributed by atoms with van der Waals surface area (Å²) >= 11 is 4.95. The third-order valence-electron chi connectivity index (χ3n) is 3.83. The first-order valence-electron chi connectivity index (χ1n) is 6.84. The first-order valence-corrected chi connectivity index (χ1v) is 8.69. The summed E-state index contributed by atoms with van der Waals surface area (Å²) in [6.07, 6.45) is 0. The Kier molecular flexibility index (Phi) is 4.67. The van der Waals surface area contributed by atoms with Gasteiger partial charge >= 0.3 is 0 Å². The lowest BCUT2D eigenvalue weighted by molar-refractivity contribution is 0.170. The number of piperazine rings is 1. The Hall–Kier alpha value is -1.02. The van der Waals surface area contributed by atoms with Crippen molar-refractivity contribution in [3.63, 3.8) is 0 Å². The highest BCUT2D eigenvalue weighted by Gasteiger charge is 2.33. The van der Waals surface area contributed by atoms with Gasteiger partial charge in [0.15, 0.2) is 0 Å². The summed E-state index contributed by atoms with van der Waals surface area (Å²) < 4.78 is 27.4. The monoisotopic (exact) mass is 327 g/mol. The average Bonchev–Trinajstić information content (AvgIpc) is 2.38. The molecule has 1 unspecified atom stereocenters. The van der Waals surface area contributed by atoms with Crippen molar-refractivity contribution in [2.75, 3.05) is 26.7 Å². The number of hydrogen-bond acceptors (Lipinski definition) is 4. The van der Waals surface area contributed by atoms with E-state index in [0.717, 1.165) is 13.1 Å². The Balaban J connectivity index is 2.44. The molecule has 2 rings (SSSR count). The van der Waals surface area contributed by atoms with Crippen LogP contribution in [-0.4, -0.2) is 55.3 Å². The first-order chi connectivity index (χ1) is 9.73. The number of aryl methyl sites for hydroxylation is 1. The molecule has 0 spiro atoms. The van der Waals surface area contributed by atoms with Gasteiger partial charge in [-0.05, 0) is 32.5 Å². The quantitative estimate of drug-likeness (QED) is 0.838. The molecule has 0 saturated carbocycles. The van der Waals surface area contributed by atoms with Crippen LogP contribution in [0, 0.1) is 6.92 Å². The first kappa shape index (κ1) is 16.4. The van der Waals surface area contributed by atoms with Gasteiger partial charge in [-0.2, -0.15) is 4.31 Å². The summed E-state index contributed by atoms with van der Waals surface area (Å²) in [5.41, 5.74) is 6.91. The molecule has 0 amide bonds. The lowest BCUT2D eigenvalue weighted by Crippen LogP contribution is -2.52. The molecule has 1 saturated heterocycles. The average molecular weight is 327 g/mol. The van der Waals surface area contributed by atoms with Crippen LogP contribution in [0.3, 0.4) is 0 Å². The van der Waals surface area contributed by atoms with Crippen LogP contribution in [0.5, 0.6) is 0 Å². The molecule has 21 heavy (non-hydrogen) atoms. The van der Waals surface area contributed by atoms with Crippen LogP contribution in [0.2, 0.25) is 0 Å². The summed E-state index contributed by atoms with van der Waals surface area (Å²) in [4.78, 5) is 2.64. The zero-order valence-corrected chi connectivity index (χ0v) is 14.2. The molecule has 1 heterocycles. The molecule has 0 radical (unpaired) electrons. The van der Waals surface area contributed by atoms with Crippen LogP contribution < -0.4 is 5.73 Å². The van der Waals surface area contributed by atoms with E-state index in [0.29, 0.717) is 22.6 Å². The van der Waals surface area contributed by atoms with E-state index in [4.69, 9.17) is 18.0 Å². The topological polar surface area (TPSA) is 66.6 Å². The van der Waals surface area contributed by atoms with E-state index in [2.05, 4.69) is 4.90 Å². The van der Waals surface area contributed by atoms with Crippen LogP contribution in [0.15, 0.2) is 23.1 Å². The second kappa shape index (κ2) is 6.00. The highest BCUT2D eigenvalue weighted by molar-refractivity contribution is 7.89. The van der Waals surface area contributed by atoms with Crippen molar-refractivity contribution >= 4 is 27.2 Å². The van der Waals surface area contributed by atoms with Crippen molar-refractivity contribution in [1.29, 1.82) is 0 Å². The predicted octanol–water partition coefficient (Wildman–Crippen LogP) is 0.954. The minimum absolute atomic E-state index is 0.0540. The molecular formula is C14H21N3O2S2. The third kappa shape index (κ3) is 3.26. The van der Waals surface area contributed by atoms with E-state index in [9.17, 15) is 8.42 Å². The Morgan fingerprint density at radius 3 is 2.62 bits per heavy atom.